The van der Waals surface area contributed by atoms with E-state index in [4.69, 9.17) is 14.3 Å². The third kappa shape index (κ3) is 4.32. The highest BCUT2D eigenvalue weighted by Gasteiger charge is 2.15. The number of amides is 1. The number of carbonyl (C=O) groups is 1. The molecule has 0 saturated heterocycles. The maximum absolute atomic E-state index is 12.6. The zero-order valence-corrected chi connectivity index (χ0v) is 15.5. The highest BCUT2D eigenvalue weighted by molar-refractivity contribution is 6.04. The Kier molecular flexibility index (Phi) is 5.96. The molecule has 3 aromatic rings. The largest absolute Gasteiger partial charge is 0.497 e. The second kappa shape index (κ2) is 8.77. The number of methoxy groups -OCH3 is 2. The molecule has 2 aromatic carbocycles. The van der Waals surface area contributed by atoms with Gasteiger partial charge in [0.1, 0.15) is 23.7 Å². The van der Waals surface area contributed by atoms with E-state index in [-0.39, 0.29) is 12.2 Å². The molecule has 7 nitrogen and oxygen atoms in total. The predicted molar refractivity (Wildman–Crippen MR) is 105 cm³/mol. The molecular formula is C21H20N2O5. The number of nitrogens with one attached hydrogen (secondary N) is 1. The van der Waals surface area contributed by atoms with Gasteiger partial charge < -0.3 is 19.6 Å². The van der Waals surface area contributed by atoms with Gasteiger partial charge in [0.05, 0.1) is 19.9 Å². The van der Waals surface area contributed by atoms with Crippen molar-refractivity contribution in [1.82, 2.24) is 4.73 Å². The molecule has 0 spiro atoms. The van der Waals surface area contributed by atoms with Gasteiger partial charge >= 0.3 is 0 Å². The monoisotopic (exact) mass is 380 g/mol. The number of aromatic nitrogens is 1. The van der Waals surface area contributed by atoms with Gasteiger partial charge in [0.2, 0.25) is 0 Å². The Morgan fingerprint density at radius 3 is 2.50 bits per heavy atom. The van der Waals surface area contributed by atoms with Crippen LogP contribution in [0.1, 0.15) is 15.9 Å². The lowest BCUT2D eigenvalue weighted by molar-refractivity contribution is 0.0863. The van der Waals surface area contributed by atoms with Crippen LogP contribution >= 0.6 is 0 Å². The third-order valence-corrected chi connectivity index (χ3v) is 4.03. The molecule has 0 unspecified atom stereocenters. The molecule has 28 heavy (non-hydrogen) atoms. The Bertz CT molecular complexity index is 1010. The summed E-state index contributed by atoms with van der Waals surface area (Å²) in [6.45, 7) is 0.206. The van der Waals surface area contributed by atoms with Crippen LogP contribution in [0.5, 0.6) is 11.5 Å². The molecule has 7 heteroatoms. The number of hydrogen-bond donors (Lipinski definition) is 1. The molecule has 0 aliphatic carbocycles. The number of benzene rings is 2. The van der Waals surface area contributed by atoms with E-state index in [1.54, 1.807) is 24.3 Å². The quantitative estimate of drug-likeness (QED) is 0.682. The molecule has 0 aliphatic heterocycles. The first kappa shape index (κ1) is 19.0. The third-order valence-electron chi connectivity index (χ3n) is 4.03. The normalized spacial score (nSPS) is 10.2. The molecule has 0 radical (unpaired) electrons. The maximum atomic E-state index is 12.6. The summed E-state index contributed by atoms with van der Waals surface area (Å²) in [6, 6.07) is 17.4. The van der Waals surface area contributed by atoms with E-state index >= 15 is 0 Å². The van der Waals surface area contributed by atoms with Crippen molar-refractivity contribution >= 4 is 11.6 Å². The molecule has 0 fully saturated rings. The smallest absolute Gasteiger partial charge is 0.295 e. The minimum atomic E-state index is -0.564. The van der Waals surface area contributed by atoms with E-state index in [0.29, 0.717) is 17.2 Å². The van der Waals surface area contributed by atoms with Crippen LogP contribution in [-0.2, 0) is 6.61 Å². The number of carbonyl (C=O) groups excluding carboxylic acids is 1. The Labute approximate surface area is 162 Å². The molecule has 0 saturated carbocycles. The van der Waals surface area contributed by atoms with Crippen molar-refractivity contribution in [3.63, 3.8) is 0 Å². The van der Waals surface area contributed by atoms with E-state index in [2.05, 4.69) is 5.32 Å². The number of anilines is 1. The van der Waals surface area contributed by atoms with E-state index in [1.165, 1.54) is 26.5 Å². The van der Waals surface area contributed by atoms with Crippen LogP contribution in [0, 0.1) is 0 Å². The summed E-state index contributed by atoms with van der Waals surface area (Å²) in [5.41, 5.74) is 0.734. The van der Waals surface area contributed by atoms with Crippen molar-refractivity contribution in [2.75, 3.05) is 19.5 Å². The van der Waals surface area contributed by atoms with Gasteiger partial charge in [0, 0.05) is 12.3 Å². The number of hydrogen-bond acceptors (Lipinski definition) is 5. The number of ether oxygens (including phenoxy) is 2. The average molecular weight is 380 g/mol. The van der Waals surface area contributed by atoms with Gasteiger partial charge in [-0.15, -0.1) is 0 Å². The highest BCUT2D eigenvalue weighted by Crippen LogP contribution is 2.29. The minimum Gasteiger partial charge on any atom is -0.497 e. The first-order chi connectivity index (χ1) is 13.6. The Morgan fingerprint density at radius 1 is 1.00 bits per heavy atom. The van der Waals surface area contributed by atoms with Gasteiger partial charge in [-0.3, -0.25) is 9.59 Å². The number of nitrogens with zero attached hydrogens (tertiary/aromatic N) is 1. The van der Waals surface area contributed by atoms with E-state index < -0.39 is 11.5 Å². The first-order valence-electron chi connectivity index (χ1n) is 8.54. The topological polar surface area (TPSA) is 78.8 Å². The molecule has 1 heterocycles. The molecule has 0 bridgehead atoms. The summed E-state index contributed by atoms with van der Waals surface area (Å²) in [7, 11) is 3.02. The fraction of sp³-hybridized carbons (Fsp3) is 0.143. The van der Waals surface area contributed by atoms with Crippen LogP contribution in [0.2, 0.25) is 0 Å². The first-order valence-corrected chi connectivity index (χ1v) is 8.54. The zero-order chi connectivity index (χ0) is 19.9. The van der Waals surface area contributed by atoms with E-state index in [0.717, 1.165) is 10.3 Å². The van der Waals surface area contributed by atoms with Crippen molar-refractivity contribution < 1.29 is 19.1 Å². The lowest BCUT2D eigenvalue weighted by Crippen LogP contribution is -2.32. The van der Waals surface area contributed by atoms with Crippen LogP contribution in [0.15, 0.2) is 71.7 Å². The van der Waals surface area contributed by atoms with E-state index in [1.807, 2.05) is 30.3 Å². The lowest BCUT2D eigenvalue weighted by Gasteiger charge is -2.12. The van der Waals surface area contributed by atoms with Gasteiger partial charge in [-0.25, -0.2) is 0 Å². The molecule has 3 rings (SSSR count). The van der Waals surface area contributed by atoms with Gasteiger partial charge in [-0.05, 0) is 29.8 Å². The second-order valence-corrected chi connectivity index (χ2v) is 5.83. The van der Waals surface area contributed by atoms with E-state index in [9.17, 15) is 9.59 Å². The number of pyridine rings is 1. The van der Waals surface area contributed by atoms with Crippen molar-refractivity contribution in [2.45, 2.75) is 6.61 Å². The highest BCUT2D eigenvalue weighted by atomic mass is 16.7. The summed E-state index contributed by atoms with van der Waals surface area (Å²) < 4.78 is 11.4. The van der Waals surface area contributed by atoms with Gasteiger partial charge in [0.25, 0.3) is 11.5 Å². The number of rotatable bonds is 7. The summed E-state index contributed by atoms with van der Waals surface area (Å²) in [5.74, 6) is 0.446. The van der Waals surface area contributed by atoms with Crippen molar-refractivity contribution in [3.8, 4) is 11.5 Å². The Morgan fingerprint density at radius 2 is 1.79 bits per heavy atom. The SMILES string of the molecule is COc1ccc(NC(=O)c2cccn(OCc3ccccc3)c2=O)c(OC)c1. The Balaban J connectivity index is 1.78. The molecular weight excluding hydrogens is 360 g/mol. The van der Waals surface area contributed by atoms with Crippen LogP contribution in [0.3, 0.4) is 0 Å². The van der Waals surface area contributed by atoms with Crippen LogP contribution in [-0.4, -0.2) is 24.9 Å². The van der Waals surface area contributed by atoms with Crippen LogP contribution in [0.25, 0.3) is 0 Å². The molecule has 1 aromatic heterocycles. The standard InChI is InChI=1S/C21H20N2O5/c1-26-16-10-11-18(19(13-16)27-2)22-20(24)17-9-6-12-23(21(17)25)28-14-15-7-4-3-5-8-15/h3-13H,14H2,1-2H3,(H,22,24). The molecule has 0 atom stereocenters. The zero-order valence-electron chi connectivity index (χ0n) is 15.5. The summed E-state index contributed by atoms with van der Waals surface area (Å²) in [4.78, 5) is 30.7. The summed E-state index contributed by atoms with van der Waals surface area (Å²) >= 11 is 0. The van der Waals surface area contributed by atoms with Crippen molar-refractivity contribution in [3.05, 3.63) is 88.3 Å². The molecule has 1 amide bonds. The molecule has 0 aliphatic rings. The van der Waals surface area contributed by atoms with Gasteiger partial charge in [0.15, 0.2) is 0 Å². The van der Waals surface area contributed by atoms with Crippen molar-refractivity contribution in [1.29, 1.82) is 0 Å². The maximum Gasteiger partial charge on any atom is 0.295 e. The lowest BCUT2D eigenvalue weighted by atomic mass is 10.2. The summed E-state index contributed by atoms with van der Waals surface area (Å²) in [6.07, 6.45) is 1.47. The van der Waals surface area contributed by atoms with Crippen LogP contribution in [0.4, 0.5) is 5.69 Å². The van der Waals surface area contributed by atoms with Crippen molar-refractivity contribution in [2.24, 2.45) is 0 Å². The average Bonchev–Trinajstić information content (AvgIpc) is 2.74. The van der Waals surface area contributed by atoms with Gasteiger partial charge in [-0.2, -0.15) is 4.73 Å². The predicted octanol–water partition coefficient (Wildman–Crippen LogP) is 2.75. The fourth-order valence-corrected chi connectivity index (χ4v) is 2.56. The van der Waals surface area contributed by atoms with Gasteiger partial charge in [-0.1, -0.05) is 30.3 Å². The molecule has 1 N–H and O–H groups in total. The Hall–Kier alpha value is -3.74. The summed E-state index contributed by atoms with van der Waals surface area (Å²) in [5, 5.41) is 2.68. The minimum absolute atomic E-state index is 0.0477. The van der Waals surface area contributed by atoms with Crippen LogP contribution < -0.4 is 25.2 Å². The second-order valence-electron chi connectivity index (χ2n) is 5.83. The molecule has 144 valence electrons. The fourth-order valence-electron chi connectivity index (χ4n) is 2.56.